The Kier molecular flexibility index (Phi) is 2.79. The Labute approximate surface area is 116 Å². The second-order valence-electron chi connectivity index (χ2n) is 5.92. The molecule has 100 valence electrons. The fraction of sp³-hybridized carbons (Fsp3) is 0.429. The van der Waals surface area contributed by atoms with E-state index >= 15 is 0 Å². The number of halogens is 1. The first-order valence-electron chi connectivity index (χ1n) is 6.32. The highest BCUT2D eigenvalue weighted by atomic mass is 32.1. The van der Waals surface area contributed by atoms with Gasteiger partial charge in [0, 0.05) is 10.2 Å². The zero-order chi connectivity index (χ0) is 13.8. The highest BCUT2D eigenvalue weighted by Gasteiger charge is 2.52. The van der Waals surface area contributed by atoms with Crippen LogP contribution in [0.2, 0.25) is 0 Å². The van der Waals surface area contributed by atoms with Gasteiger partial charge in [0.25, 0.3) is 0 Å². The van der Waals surface area contributed by atoms with Gasteiger partial charge in [-0.1, -0.05) is 0 Å². The minimum atomic E-state index is -0.512. The topological polar surface area (TPSA) is 18.5 Å². The van der Waals surface area contributed by atoms with Crippen LogP contribution >= 0.6 is 11.3 Å². The molecule has 1 fully saturated rings. The molecule has 0 spiro atoms. The van der Waals surface area contributed by atoms with Crippen molar-refractivity contribution >= 4 is 34.0 Å². The lowest BCUT2D eigenvalue weighted by Crippen LogP contribution is -2.41. The molecule has 1 aromatic carbocycles. The fourth-order valence-corrected chi connectivity index (χ4v) is 3.12. The summed E-state index contributed by atoms with van der Waals surface area (Å²) in [6.45, 7) is 7.99. The van der Waals surface area contributed by atoms with Gasteiger partial charge in [0.2, 0.25) is 0 Å². The Balaban J connectivity index is 2.09. The highest BCUT2D eigenvalue weighted by Crippen LogP contribution is 2.37. The van der Waals surface area contributed by atoms with E-state index < -0.39 is 18.3 Å². The molecule has 0 aliphatic carbocycles. The second kappa shape index (κ2) is 4.04. The van der Waals surface area contributed by atoms with E-state index in [0.29, 0.717) is 0 Å². The number of thiophene rings is 1. The van der Waals surface area contributed by atoms with E-state index in [9.17, 15) is 4.39 Å². The van der Waals surface area contributed by atoms with Crippen LogP contribution in [0.5, 0.6) is 0 Å². The minimum absolute atomic E-state index is 0.254. The molecule has 1 aliphatic rings. The van der Waals surface area contributed by atoms with Gasteiger partial charge in [0.1, 0.15) is 5.82 Å². The van der Waals surface area contributed by atoms with Gasteiger partial charge in [0.15, 0.2) is 0 Å². The Hall–Kier alpha value is -0.905. The average molecular weight is 278 g/mol. The summed E-state index contributed by atoms with van der Waals surface area (Å²) in [6.07, 6.45) is 0. The van der Waals surface area contributed by atoms with E-state index in [-0.39, 0.29) is 5.82 Å². The van der Waals surface area contributed by atoms with Crippen molar-refractivity contribution in [1.29, 1.82) is 0 Å². The van der Waals surface area contributed by atoms with Gasteiger partial charge in [-0.2, -0.15) is 0 Å². The molecule has 0 atom stereocenters. The molecule has 1 saturated heterocycles. The van der Waals surface area contributed by atoms with Crippen molar-refractivity contribution in [2.75, 3.05) is 0 Å². The third kappa shape index (κ3) is 2.00. The standard InChI is InChI=1S/C14H16BFO2S/c1-13(2)14(3,4)18-15(17-13)11-8-10(16)7-9-5-6-19-12(9)11/h5-8H,1-4H3. The first kappa shape index (κ1) is 13.1. The molecule has 0 bridgehead atoms. The van der Waals surface area contributed by atoms with Crippen molar-refractivity contribution in [2.24, 2.45) is 0 Å². The first-order chi connectivity index (χ1) is 8.80. The summed E-state index contributed by atoms with van der Waals surface area (Å²) in [6, 6.07) is 4.97. The van der Waals surface area contributed by atoms with Crippen LogP contribution in [0.15, 0.2) is 23.6 Å². The molecule has 2 nitrogen and oxygen atoms in total. The van der Waals surface area contributed by atoms with Crippen LogP contribution in [0.3, 0.4) is 0 Å². The largest absolute Gasteiger partial charge is 0.496 e. The highest BCUT2D eigenvalue weighted by molar-refractivity contribution is 7.18. The maximum Gasteiger partial charge on any atom is 0.496 e. The fourth-order valence-electron chi connectivity index (χ4n) is 2.22. The lowest BCUT2D eigenvalue weighted by Gasteiger charge is -2.32. The monoisotopic (exact) mass is 278 g/mol. The maximum absolute atomic E-state index is 13.7. The van der Waals surface area contributed by atoms with Gasteiger partial charge in [0.05, 0.1) is 11.2 Å². The Morgan fingerprint density at radius 1 is 1.11 bits per heavy atom. The van der Waals surface area contributed by atoms with Crippen molar-refractivity contribution in [3.63, 3.8) is 0 Å². The average Bonchev–Trinajstić information content (AvgIpc) is 2.80. The molecule has 19 heavy (non-hydrogen) atoms. The maximum atomic E-state index is 13.7. The predicted molar refractivity (Wildman–Crippen MR) is 77.5 cm³/mol. The zero-order valence-electron chi connectivity index (χ0n) is 11.5. The third-order valence-corrected chi connectivity index (χ3v) is 5.03. The van der Waals surface area contributed by atoms with Crippen molar-refractivity contribution in [3.8, 4) is 0 Å². The van der Waals surface area contributed by atoms with Crippen LogP contribution in [-0.2, 0) is 9.31 Å². The van der Waals surface area contributed by atoms with Crippen molar-refractivity contribution < 1.29 is 13.7 Å². The van der Waals surface area contributed by atoms with Gasteiger partial charge < -0.3 is 9.31 Å². The Bertz CT molecular complexity index is 619. The van der Waals surface area contributed by atoms with Crippen LogP contribution in [0, 0.1) is 5.82 Å². The third-order valence-electron chi connectivity index (χ3n) is 4.05. The zero-order valence-corrected chi connectivity index (χ0v) is 12.3. The molecule has 0 saturated carbocycles. The molecule has 0 amide bonds. The number of hydrogen-bond donors (Lipinski definition) is 0. The summed E-state index contributed by atoms with van der Waals surface area (Å²) in [7, 11) is -0.512. The van der Waals surface area contributed by atoms with E-state index in [4.69, 9.17) is 9.31 Å². The van der Waals surface area contributed by atoms with Crippen LogP contribution in [0.1, 0.15) is 27.7 Å². The van der Waals surface area contributed by atoms with Gasteiger partial charge in [-0.3, -0.25) is 0 Å². The molecule has 3 rings (SSSR count). The molecule has 1 aromatic heterocycles. The quantitative estimate of drug-likeness (QED) is 0.745. The molecular weight excluding hydrogens is 262 g/mol. The van der Waals surface area contributed by atoms with E-state index in [1.54, 1.807) is 17.4 Å². The number of rotatable bonds is 1. The van der Waals surface area contributed by atoms with Gasteiger partial charge in [-0.15, -0.1) is 11.3 Å². The van der Waals surface area contributed by atoms with Crippen LogP contribution in [0.25, 0.3) is 10.1 Å². The summed E-state index contributed by atoms with van der Waals surface area (Å²) in [5.41, 5.74) is -0.0372. The Morgan fingerprint density at radius 3 is 2.37 bits per heavy atom. The molecule has 2 aromatic rings. The molecule has 1 aliphatic heterocycles. The molecule has 5 heteroatoms. The van der Waals surface area contributed by atoms with E-state index in [1.165, 1.54) is 6.07 Å². The summed E-state index contributed by atoms with van der Waals surface area (Å²) in [4.78, 5) is 0. The van der Waals surface area contributed by atoms with Gasteiger partial charge in [-0.25, -0.2) is 4.39 Å². The van der Waals surface area contributed by atoms with Gasteiger partial charge >= 0.3 is 7.12 Å². The molecular formula is C14H16BFO2S. The minimum Gasteiger partial charge on any atom is -0.399 e. The smallest absolute Gasteiger partial charge is 0.399 e. The lowest BCUT2D eigenvalue weighted by molar-refractivity contribution is 0.00578. The van der Waals surface area contributed by atoms with Crippen LogP contribution in [-0.4, -0.2) is 18.3 Å². The molecule has 0 unspecified atom stereocenters. The predicted octanol–water partition coefficient (Wildman–Crippen LogP) is 3.34. The molecule has 0 radical (unpaired) electrons. The number of fused-ring (bicyclic) bond motifs is 1. The normalized spacial score (nSPS) is 21.2. The summed E-state index contributed by atoms with van der Waals surface area (Å²) in [5, 5.41) is 2.86. The number of hydrogen-bond acceptors (Lipinski definition) is 3. The van der Waals surface area contributed by atoms with Crippen LogP contribution < -0.4 is 5.46 Å². The van der Waals surface area contributed by atoms with E-state index in [1.807, 2.05) is 39.1 Å². The summed E-state index contributed by atoms with van der Waals surface area (Å²) >= 11 is 1.58. The van der Waals surface area contributed by atoms with Crippen molar-refractivity contribution in [2.45, 2.75) is 38.9 Å². The van der Waals surface area contributed by atoms with Crippen molar-refractivity contribution in [1.82, 2.24) is 0 Å². The molecule has 2 heterocycles. The first-order valence-corrected chi connectivity index (χ1v) is 7.20. The van der Waals surface area contributed by atoms with Gasteiger partial charge in [-0.05, 0) is 56.7 Å². The Morgan fingerprint density at radius 2 is 1.74 bits per heavy atom. The second-order valence-corrected chi connectivity index (χ2v) is 6.84. The molecule has 0 N–H and O–H groups in total. The number of benzene rings is 1. The summed E-state index contributed by atoms with van der Waals surface area (Å²) < 4.78 is 26.7. The van der Waals surface area contributed by atoms with E-state index in [0.717, 1.165) is 15.5 Å². The lowest BCUT2D eigenvalue weighted by atomic mass is 9.78. The SMILES string of the molecule is CC1(C)OB(c2cc(F)cc3ccsc23)OC1(C)C. The van der Waals surface area contributed by atoms with Crippen LogP contribution in [0.4, 0.5) is 4.39 Å². The van der Waals surface area contributed by atoms with E-state index in [2.05, 4.69) is 0 Å². The summed E-state index contributed by atoms with van der Waals surface area (Å²) in [5.74, 6) is -0.254. The van der Waals surface area contributed by atoms with Crippen molar-refractivity contribution in [3.05, 3.63) is 29.4 Å².